The number of aromatic carboxylic acids is 4. The SMILES string of the molecule is O=C(O)c1ccc(Oc2ccc(-c3ccc4c(c3-c3ccc(Oc5ccc(C(=O)O)c(C(=O)O)c5)cc3)Cc3ccccc3-4)cc2)cc1C(=O)O. The van der Waals surface area contributed by atoms with Crippen molar-refractivity contribution in [2.75, 3.05) is 0 Å². The summed E-state index contributed by atoms with van der Waals surface area (Å²) in [4.78, 5) is 46.2. The van der Waals surface area contributed by atoms with Crippen LogP contribution in [0.4, 0.5) is 0 Å². The first-order valence-electron chi connectivity index (χ1n) is 15.6. The van der Waals surface area contributed by atoms with Crippen LogP contribution in [-0.4, -0.2) is 44.3 Å². The minimum atomic E-state index is -1.37. The second-order valence-electron chi connectivity index (χ2n) is 11.7. The third-order valence-electron chi connectivity index (χ3n) is 8.67. The Balaban J connectivity index is 1.22. The van der Waals surface area contributed by atoms with Crippen LogP contribution < -0.4 is 9.47 Å². The van der Waals surface area contributed by atoms with Crippen molar-refractivity contribution in [2.24, 2.45) is 0 Å². The molecule has 51 heavy (non-hydrogen) atoms. The summed E-state index contributed by atoms with van der Waals surface area (Å²) in [6.45, 7) is 0. The molecule has 6 aromatic rings. The molecule has 0 atom stereocenters. The molecule has 6 aromatic carbocycles. The minimum Gasteiger partial charge on any atom is -0.478 e. The highest BCUT2D eigenvalue weighted by Crippen LogP contribution is 2.46. The molecule has 0 spiro atoms. The molecule has 1 aliphatic rings. The lowest BCUT2D eigenvalue weighted by Gasteiger charge is -2.17. The van der Waals surface area contributed by atoms with Crippen molar-refractivity contribution in [3.05, 3.63) is 155 Å². The van der Waals surface area contributed by atoms with E-state index in [1.165, 1.54) is 42.0 Å². The Morgan fingerprint density at radius 3 is 1.39 bits per heavy atom. The van der Waals surface area contributed by atoms with Gasteiger partial charge < -0.3 is 29.9 Å². The molecule has 10 heteroatoms. The Bertz CT molecular complexity index is 2390. The molecule has 0 radical (unpaired) electrons. The van der Waals surface area contributed by atoms with E-state index in [-0.39, 0.29) is 33.8 Å². The Labute approximate surface area is 290 Å². The van der Waals surface area contributed by atoms with Gasteiger partial charge in [-0.1, -0.05) is 60.7 Å². The molecule has 0 fully saturated rings. The lowest BCUT2D eigenvalue weighted by atomic mass is 9.88. The highest BCUT2D eigenvalue weighted by molar-refractivity contribution is 6.03. The molecule has 250 valence electrons. The number of carbonyl (C=O) groups is 4. The quantitative estimate of drug-likeness (QED) is 0.110. The molecule has 0 unspecified atom stereocenters. The van der Waals surface area contributed by atoms with Gasteiger partial charge in [0.1, 0.15) is 23.0 Å². The van der Waals surface area contributed by atoms with E-state index in [4.69, 9.17) is 9.47 Å². The van der Waals surface area contributed by atoms with Crippen LogP contribution >= 0.6 is 0 Å². The van der Waals surface area contributed by atoms with Crippen molar-refractivity contribution < 1.29 is 49.1 Å². The summed E-state index contributed by atoms with van der Waals surface area (Å²) in [6.07, 6.45) is 0.722. The average molecular weight is 679 g/mol. The number of hydrogen-bond donors (Lipinski definition) is 4. The highest BCUT2D eigenvalue weighted by Gasteiger charge is 2.25. The summed E-state index contributed by atoms with van der Waals surface area (Å²) in [5, 5.41) is 37.7. The molecule has 7 rings (SSSR count). The van der Waals surface area contributed by atoms with Crippen LogP contribution in [-0.2, 0) is 6.42 Å². The maximum Gasteiger partial charge on any atom is 0.336 e. The Morgan fingerprint density at radius 2 is 0.882 bits per heavy atom. The normalized spacial score (nSPS) is 11.3. The fourth-order valence-electron chi connectivity index (χ4n) is 6.35. The van der Waals surface area contributed by atoms with Gasteiger partial charge in [-0.3, -0.25) is 0 Å². The van der Waals surface area contributed by atoms with E-state index in [0.29, 0.717) is 11.5 Å². The minimum absolute atomic E-state index is 0.181. The molecule has 0 aliphatic heterocycles. The molecular formula is C41H26O10. The van der Waals surface area contributed by atoms with Gasteiger partial charge in [-0.05, 0) is 112 Å². The van der Waals surface area contributed by atoms with Crippen LogP contribution in [0.2, 0.25) is 0 Å². The van der Waals surface area contributed by atoms with E-state index in [9.17, 15) is 39.6 Å². The second kappa shape index (κ2) is 13.0. The number of rotatable bonds is 10. The van der Waals surface area contributed by atoms with Gasteiger partial charge in [0.05, 0.1) is 22.3 Å². The fourth-order valence-corrected chi connectivity index (χ4v) is 6.35. The number of benzene rings is 6. The molecule has 0 amide bonds. The number of carboxylic acid groups (broad SMARTS) is 4. The van der Waals surface area contributed by atoms with Gasteiger partial charge in [0.2, 0.25) is 0 Å². The zero-order chi connectivity index (χ0) is 35.8. The summed E-state index contributed by atoms with van der Waals surface area (Å²) >= 11 is 0. The molecule has 10 nitrogen and oxygen atoms in total. The van der Waals surface area contributed by atoms with E-state index < -0.39 is 23.9 Å². The second-order valence-corrected chi connectivity index (χ2v) is 11.7. The van der Waals surface area contributed by atoms with Crippen LogP contribution in [0.15, 0.2) is 121 Å². The third-order valence-corrected chi connectivity index (χ3v) is 8.67. The molecule has 0 aromatic heterocycles. The summed E-state index contributed by atoms with van der Waals surface area (Å²) in [7, 11) is 0. The molecule has 4 N–H and O–H groups in total. The van der Waals surface area contributed by atoms with Crippen LogP contribution in [0.3, 0.4) is 0 Å². The van der Waals surface area contributed by atoms with E-state index >= 15 is 0 Å². The van der Waals surface area contributed by atoms with Crippen molar-refractivity contribution in [1.29, 1.82) is 0 Å². The van der Waals surface area contributed by atoms with E-state index in [1.807, 2.05) is 36.4 Å². The lowest BCUT2D eigenvalue weighted by molar-refractivity contribution is 0.0651. The number of hydrogen-bond acceptors (Lipinski definition) is 6. The van der Waals surface area contributed by atoms with Crippen LogP contribution in [0.1, 0.15) is 52.6 Å². The van der Waals surface area contributed by atoms with Gasteiger partial charge in [0.15, 0.2) is 0 Å². The predicted molar refractivity (Wildman–Crippen MR) is 186 cm³/mol. The largest absolute Gasteiger partial charge is 0.478 e. The summed E-state index contributed by atoms with van der Waals surface area (Å²) in [5.41, 5.74) is 7.00. The van der Waals surface area contributed by atoms with Crippen LogP contribution in [0.5, 0.6) is 23.0 Å². The maximum atomic E-state index is 11.7. The smallest absolute Gasteiger partial charge is 0.336 e. The van der Waals surface area contributed by atoms with Gasteiger partial charge in [0, 0.05) is 0 Å². The molecule has 0 heterocycles. The van der Waals surface area contributed by atoms with Crippen molar-refractivity contribution >= 4 is 23.9 Å². The number of ether oxygens (including phenoxy) is 2. The first-order chi connectivity index (χ1) is 24.6. The van der Waals surface area contributed by atoms with Crippen molar-refractivity contribution in [1.82, 2.24) is 0 Å². The average Bonchev–Trinajstić information content (AvgIpc) is 3.50. The first-order valence-corrected chi connectivity index (χ1v) is 15.6. The zero-order valence-electron chi connectivity index (χ0n) is 26.5. The van der Waals surface area contributed by atoms with E-state index in [2.05, 4.69) is 24.3 Å². The van der Waals surface area contributed by atoms with Gasteiger partial charge in [-0.2, -0.15) is 0 Å². The van der Waals surface area contributed by atoms with E-state index in [0.717, 1.165) is 45.4 Å². The predicted octanol–water partition coefficient (Wildman–Crippen LogP) is 8.97. The topological polar surface area (TPSA) is 168 Å². The van der Waals surface area contributed by atoms with Crippen molar-refractivity contribution in [3.8, 4) is 56.4 Å². The third kappa shape index (κ3) is 6.25. The molecular weight excluding hydrogens is 652 g/mol. The molecule has 0 bridgehead atoms. The standard InChI is InChI=1S/C41H26O10/c42-38(43)32-15-13-27(20-35(32)40(46)47)50-25-9-5-22(6-10-25)30-17-18-31-29-4-2-1-3-24(29)19-34(31)37(30)23-7-11-26(12-8-23)51-28-14-16-33(39(44)45)36(21-28)41(48)49/h1-18,20-21H,19H2,(H,42,43)(H,44,45)(H,46,47)(H,48,49). The summed E-state index contributed by atoms with van der Waals surface area (Å²) in [5.74, 6) is -4.22. The van der Waals surface area contributed by atoms with Gasteiger partial charge in [-0.25, -0.2) is 19.2 Å². The first kappa shape index (κ1) is 32.4. The van der Waals surface area contributed by atoms with Gasteiger partial charge in [-0.15, -0.1) is 0 Å². The van der Waals surface area contributed by atoms with Crippen LogP contribution in [0, 0.1) is 0 Å². The number of fused-ring (bicyclic) bond motifs is 3. The monoisotopic (exact) mass is 678 g/mol. The number of carboxylic acids is 4. The Hall–Kier alpha value is -7.20. The lowest BCUT2D eigenvalue weighted by Crippen LogP contribution is -2.07. The fraction of sp³-hybridized carbons (Fsp3) is 0.0244. The van der Waals surface area contributed by atoms with E-state index in [1.54, 1.807) is 24.3 Å². The molecule has 0 saturated heterocycles. The summed E-state index contributed by atoms with van der Waals surface area (Å²) in [6, 6.07) is 34.7. The molecule has 0 saturated carbocycles. The van der Waals surface area contributed by atoms with Gasteiger partial charge >= 0.3 is 23.9 Å². The van der Waals surface area contributed by atoms with Crippen molar-refractivity contribution in [3.63, 3.8) is 0 Å². The zero-order valence-corrected chi connectivity index (χ0v) is 26.5. The Morgan fingerprint density at radius 1 is 0.431 bits per heavy atom. The highest BCUT2D eigenvalue weighted by atomic mass is 16.5. The Kier molecular flexibility index (Phi) is 8.26. The molecule has 1 aliphatic carbocycles. The van der Waals surface area contributed by atoms with Gasteiger partial charge in [0.25, 0.3) is 0 Å². The summed E-state index contributed by atoms with van der Waals surface area (Å²) < 4.78 is 11.8. The van der Waals surface area contributed by atoms with Crippen molar-refractivity contribution in [2.45, 2.75) is 6.42 Å². The maximum absolute atomic E-state index is 11.7. The van der Waals surface area contributed by atoms with Crippen LogP contribution in [0.25, 0.3) is 33.4 Å².